The van der Waals surface area contributed by atoms with Crippen LogP contribution < -0.4 is 5.32 Å². The number of carbonyl (C=O) groups excluding carboxylic acids is 1. The van der Waals surface area contributed by atoms with Crippen LogP contribution in [0.2, 0.25) is 0 Å². The zero-order valence-electron chi connectivity index (χ0n) is 13.2. The number of piperazine rings is 1. The molecule has 6 nitrogen and oxygen atoms in total. The summed E-state index contributed by atoms with van der Waals surface area (Å²) in [6.07, 6.45) is 5.44. The molecule has 1 saturated heterocycles. The van der Waals surface area contributed by atoms with E-state index in [-0.39, 0.29) is 5.91 Å². The van der Waals surface area contributed by atoms with Crippen LogP contribution >= 0.6 is 11.3 Å². The molecule has 122 valence electrons. The lowest BCUT2D eigenvalue weighted by Crippen LogP contribution is -2.48. The first kappa shape index (κ1) is 16.0. The molecule has 3 heterocycles. The summed E-state index contributed by atoms with van der Waals surface area (Å²) < 4.78 is 0. The van der Waals surface area contributed by atoms with Crippen molar-refractivity contribution in [1.82, 2.24) is 19.8 Å². The third-order valence-corrected chi connectivity index (χ3v) is 4.68. The average Bonchev–Trinajstić information content (AvgIpc) is 2.95. The highest BCUT2D eigenvalue weighted by Crippen LogP contribution is 2.16. The van der Waals surface area contributed by atoms with Crippen LogP contribution in [-0.4, -0.2) is 58.4 Å². The zero-order valence-corrected chi connectivity index (χ0v) is 14.1. The van der Waals surface area contributed by atoms with Gasteiger partial charge in [-0.2, -0.15) is 0 Å². The molecule has 0 unspecified atom stereocenters. The smallest absolute Gasteiger partial charge is 0.240 e. The molecular formula is C16H21N5OS. The van der Waals surface area contributed by atoms with E-state index in [0.717, 1.165) is 37.6 Å². The van der Waals surface area contributed by atoms with Gasteiger partial charge < -0.3 is 5.32 Å². The van der Waals surface area contributed by atoms with Gasteiger partial charge >= 0.3 is 0 Å². The Morgan fingerprint density at radius 2 is 1.91 bits per heavy atom. The lowest BCUT2D eigenvalue weighted by Gasteiger charge is -2.34. The molecule has 23 heavy (non-hydrogen) atoms. The first-order chi connectivity index (χ1) is 11.2. The van der Waals surface area contributed by atoms with Gasteiger partial charge in [0.05, 0.1) is 6.54 Å². The summed E-state index contributed by atoms with van der Waals surface area (Å²) in [6, 6.07) is 4.10. The molecule has 1 N–H and O–H groups in total. The summed E-state index contributed by atoms with van der Waals surface area (Å²) in [5, 5.41) is 3.55. The molecule has 0 atom stereocenters. The van der Waals surface area contributed by atoms with Crippen molar-refractivity contribution in [3.8, 4) is 0 Å². The first-order valence-corrected chi connectivity index (χ1v) is 8.56. The maximum atomic E-state index is 12.1. The minimum atomic E-state index is 0.0157. The fourth-order valence-corrected chi connectivity index (χ4v) is 3.31. The van der Waals surface area contributed by atoms with Crippen LogP contribution in [0.15, 0.2) is 30.7 Å². The Bertz CT molecular complexity index is 637. The maximum Gasteiger partial charge on any atom is 0.240 e. The van der Waals surface area contributed by atoms with Crippen LogP contribution in [0.1, 0.15) is 10.4 Å². The second-order valence-electron chi connectivity index (χ2n) is 5.73. The first-order valence-electron chi connectivity index (χ1n) is 7.75. The van der Waals surface area contributed by atoms with E-state index in [1.807, 2.05) is 19.3 Å². The van der Waals surface area contributed by atoms with E-state index in [4.69, 9.17) is 0 Å². The Hall–Kier alpha value is -1.83. The van der Waals surface area contributed by atoms with Gasteiger partial charge in [0.15, 0.2) is 5.13 Å². The Morgan fingerprint density at radius 1 is 1.22 bits per heavy atom. The highest BCUT2D eigenvalue weighted by Gasteiger charge is 2.19. The molecule has 0 aromatic carbocycles. The molecule has 0 saturated carbocycles. The van der Waals surface area contributed by atoms with Crippen molar-refractivity contribution in [2.45, 2.75) is 13.5 Å². The summed E-state index contributed by atoms with van der Waals surface area (Å²) in [7, 11) is 0. The average molecular weight is 331 g/mol. The van der Waals surface area contributed by atoms with Crippen LogP contribution in [-0.2, 0) is 11.3 Å². The number of nitrogens with zero attached hydrogens (tertiary/aromatic N) is 4. The molecule has 1 aliphatic rings. The molecule has 0 bridgehead atoms. The number of aryl methyl sites for hydroxylation is 1. The molecule has 0 spiro atoms. The number of rotatable bonds is 5. The number of carbonyl (C=O) groups is 1. The number of thiazole rings is 1. The zero-order chi connectivity index (χ0) is 16.1. The number of hydrogen-bond donors (Lipinski definition) is 1. The number of pyridine rings is 1. The lowest BCUT2D eigenvalue weighted by molar-refractivity contribution is -0.117. The minimum Gasteiger partial charge on any atom is -0.301 e. The normalized spacial score (nSPS) is 16.4. The number of anilines is 1. The molecule has 1 aliphatic heterocycles. The molecule has 2 aromatic rings. The predicted molar refractivity (Wildman–Crippen MR) is 91.4 cm³/mol. The summed E-state index contributed by atoms with van der Waals surface area (Å²) in [4.78, 5) is 26.0. The van der Waals surface area contributed by atoms with E-state index in [2.05, 4.69) is 37.2 Å². The van der Waals surface area contributed by atoms with E-state index in [1.165, 1.54) is 16.9 Å². The van der Waals surface area contributed by atoms with Gasteiger partial charge in [-0.05, 0) is 24.6 Å². The van der Waals surface area contributed by atoms with E-state index in [1.54, 1.807) is 6.20 Å². The number of nitrogens with one attached hydrogen (secondary N) is 1. The third kappa shape index (κ3) is 4.82. The van der Waals surface area contributed by atoms with Crippen LogP contribution in [0.4, 0.5) is 5.13 Å². The van der Waals surface area contributed by atoms with Crippen molar-refractivity contribution in [2.75, 3.05) is 38.0 Å². The fraction of sp³-hybridized carbons (Fsp3) is 0.438. The quantitative estimate of drug-likeness (QED) is 0.902. The van der Waals surface area contributed by atoms with E-state index >= 15 is 0 Å². The summed E-state index contributed by atoms with van der Waals surface area (Å²) in [5.41, 5.74) is 1.28. The van der Waals surface area contributed by atoms with Crippen molar-refractivity contribution in [1.29, 1.82) is 0 Å². The van der Waals surface area contributed by atoms with Crippen LogP contribution in [0, 0.1) is 6.92 Å². The number of amides is 1. The van der Waals surface area contributed by atoms with E-state index in [9.17, 15) is 4.79 Å². The van der Waals surface area contributed by atoms with Gasteiger partial charge in [0.1, 0.15) is 0 Å². The number of aromatic nitrogens is 2. The van der Waals surface area contributed by atoms with Gasteiger partial charge in [-0.3, -0.25) is 19.6 Å². The van der Waals surface area contributed by atoms with E-state index in [0.29, 0.717) is 11.7 Å². The van der Waals surface area contributed by atoms with Crippen molar-refractivity contribution >= 4 is 22.4 Å². The molecule has 0 radical (unpaired) electrons. The molecule has 0 aliphatic carbocycles. The van der Waals surface area contributed by atoms with Gasteiger partial charge in [0, 0.05) is 56.2 Å². The molecular weight excluding hydrogens is 310 g/mol. The monoisotopic (exact) mass is 331 g/mol. The van der Waals surface area contributed by atoms with Crippen molar-refractivity contribution in [2.24, 2.45) is 0 Å². The van der Waals surface area contributed by atoms with Gasteiger partial charge in [0.25, 0.3) is 0 Å². The second-order valence-corrected chi connectivity index (χ2v) is 6.97. The van der Waals surface area contributed by atoms with Gasteiger partial charge in [-0.25, -0.2) is 4.98 Å². The maximum absolute atomic E-state index is 12.1. The Kier molecular flexibility index (Phi) is 5.32. The second kappa shape index (κ2) is 7.63. The molecule has 1 fully saturated rings. The molecule has 1 amide bonds. The third-order valence-electron chi connectivity index (χ3n) is 3.86. The Morgan fingerprint density at radius 3 is 2.57 bits per heavy atom. The topological polar surface area (TPSA) is 61.4 Å². The summed E-state index contributed by atoms with van der Waals surface area (Å²) in [5.74, 6) is 0.0157. The summed E-state index contributed by atoms with van der Waals surface area (Å²) in [6.45, 7) is 7.14. The van der Waals surface area contributed by atoms with Crippen molar-refractivity contribution in [3.63, 3.8) is 0 Å². The van der Waals surface area contributed by atoms with Gasteiger partial charge in [-0.15, -0.1) is 11.3 Å². The van der Waals surface area contributed by atoms with Gasteiger partial charge in [-0.1, -0.05) is 0 Å². The fourth-order valence-electron chi connectivity index (χ4n) is 2.63. The van der Waals surface area contributed by atoms with Gasteiger partial charge in [0.2, 0.25) is 5.91 Å². The molecule has 3 rings (SSSR count). The largest absolute Gasteiger partial charge is 0.301 e. The van der Waals surface area contributed by atoms with Crippen LogP contribution in [0.5, 0.6) is 0 Å². The highest BCUT2D eigenvalue weighted by atomic mass is 32.1. The van der Waals surface area contributed by atoms with Crippen LogP contribution in [0.3, 0.4) is 0 Å². The standard InChI is InChI=1S/C16H21N5OS/c1-13-10-18-16(23-13)19-15(22)12-21-8-6-20(7-9-21)11-14-2-4-17-5-3-14/h2-5,10H,6-9,11-12H2,1H3,(H,18,19,22). The van der Waals surface area contributed by atoms with E-state index < -0.39 is 0 Å². The highest BCUT2D eigenvalue weighted by molar-refractivity contribution is 7.15. The number of hydrogen-bond acceptors (Lipinski definition) is 6. The Labute approximate surface area is 140 Å². The SMILES string of the molecule is Cc1cnc(NC(=O)CN2CCN(Cc3ccncc3)CC2)s1. The minimum absolute atomic E-state index is 0.0157. The summed E-state index contributed by atoms with van der Waals surface area (Å²) >= 11 is 1.50. The van der Waals surface area contributed by atoms with Crippen molar-refractivity contribution < 1.29 is 4.79 Å². The Balaban J connectivity index is 1.41. The van der Waals surface area contributed by atoms with Crippen LogP contribution in [0.25, 0.3) is 0 Å². The lowest BCUT2D eigenvalue weighted by atomic mass is 10.2. The predicted octanol–water partition coefficient (Wildman–Crippen LogP) is 1.60. The molecule has 7 heteroatoms. The molecule has 2 aromatic heterocycles. The van der Waals surface area contributed by atoms with Crippen molar-refractivity contribution in [3.05, 3.63) is 41.2 Å².